The summed E-state index contributed by atoms with van der Waals surface area (Å²) in [4.78, 5) is 22.6. The van der Waals surface area contributed by atoms with Gasteiger partial charge in [-0.05, 0) is 31.9 Å². The molecule has 1 aromatic rings. The van der Waals surface area contributed by atoms with Crippen LogP contribution in [-0.4, -0.2) is 22.2 Å². The van der Waals surface area contributed by atoms with Gasteiger partial charge < -0.3 is 5.32 Å². The van der Waals surface area contributed by atoms with Gasteiger partial charge in [-0.2, -0.15) is 0 Å². The zero-order valence-corrected chi connectivity index (χ0v) is 12.8. The van der Waals surface area contributed by atoms with Crippen LogP contribution in [0, 0.1) is 10.1 Å². The van der Waals surface area contributed by atoms with Crippen molar-refractivity contribution in [3.63, 3.8) is 0 Å². The quantitative estimate of drug-likeness (QED) is 0.493. The van der Waals surface area contributed by atoms with Crippen LogP contribution in [0.25, 0.3) is 0 Å². The number of carbonyl (C=O) groups excluding carboxylic acids is 1. The van der Waals surface area contributed by atoms with Gasteiger partial charge >= 0.3 is 0 Å². The van der Waals surface area contributed by atoms with E-state index in [1.807, 2.05) is 13.8 Å². The Balaban J connectivity index is 3.06. The second kappa shape index (κ2) is 6.90. The van der Waals surface area contributed by atoms with Gasteiger partial charge in [0, 0.05) is 22.5 Å². The van der Waals surface area contributed by atoms with Crippen LogP contribution in [0.3, 0.4) is 0 Å². The van der Waals surface area contributed by atoms with E-state index < -0.39 is 16.4 Å². The highest BCUT2D eigenvalue weighted by atomic mass is 35.5. The van der Waals surface area contributed by atoms with Crippen LogP contribution in [0.4, 0.5) is 5.69 Å². The van der Waals surface area contributed by atoms with Gasteiger partial charge in [-0.1, -0.05) is 18.5 Å². The third kappa shape index (κ3) is 4.08. The van der Waals surface area contributed by atoms with Gasteiger partial charge in [0.1, 0.15) is 5.56 Å². The molecule has 0 heterocycles. The number of benzene rings is 1. The maximum Gasteiger partial charge on any atom is 0.283 e. The molecule has 7 heteroatoms. The molecule has 1 aromatic carbocycles. The molecule has 0 aliphatic heterocycles. The van der Waals surface area contributed by atoms with Crippen molar-refractivity contribution in [3.05, 3.63) is 38.9 Å². The van der Waals surface area contributed by atoms with E-state index in [2.05, 4.69) is 5.32 Å². The Kier molecular flexibility index (Phi) is 5.77. The van der Waals surface area contributed by atoms with Crippen LogP contribution < -0.4 is 5.32 Å². The van der Waals surface area contributed by atoms with Crippen LogP contribution in [0.5, 0.6) is 0 Å². The molecule has 0 saturated carbocycles. The van der Waals surface area contributed by atoms with Gasteiger partial charge in [-0.25, -0.2) is 0 Å². The molecule has 0 bridgehead atoms. The predicted octanol–water partition coefficient (Wildman–Crippen LogP) is 3.78. The highest BCUT2D eigenvalue weighted by Gasteiger charge is 2.28. The lowest BCUT2D eigenvalue weighted by Gasteiger charge is -2.28. The number of amides is 1. The number of halogens is 2. The molecule has 0 saturated heterocycles. The largest absolute Gasteiger partial charge is 0.347 e. The first-order valence-electron chi connectivity index (χ1n) is 6.15. The summed E-state index contributed by atoms with van der Waals surface area (Å²) in [7, 11) is 0. The SMILES string of the molecule is CCC(C)(CCCl)NC(=O)c1ccc(Cl)cc1[N+](=O)[O-]. The third-order valence-corrected chi connectivity index (χ3v) is 3.67. The minimum Gasteiger partial charge on any atom is -0.347 e. The first kappa shape index (κ1) is 16.7. The normalized spacial score (nSPS) is 13.6. The molecule has 20 heavy (non-hydrogen) atoms. The summed E-state index contributed by atoms with van der Waals surface area (Å²) < 4.78 is 0. The van der Waals surface area contributed by atoms with Crippen LogP contribution in [0.2, 0.25) is 5.02 Å². The number of hydrogen-bond acceptors (Lipinski definition) is 3. The first-order chi connectivity index (χ1) is 9.33. The highest BCUT2D eigenvalue weighted by Crippen LogP contribution is 2.24. The zero-order valence-electron chi connectivity index (χ0n) is 11.3. The fourth-order valence-electron chi connectivity index (χ4n) is 1.73. The van der Waals surface area contributed by atoms with Gasteiger partial charge in [-0.3, -0.25) is 14.9 Å². The lowest BCUT2D eigenvalue weighted by molar-refractivity contribution is -0.385. The molecule has 1 amide bonds. The van der Waals surface area contributed by atoms with E-state index in [9.17, 15) is 14.9 Å². The van der Waals surface area contributed by atoms with Crippen LogP contribution in [0.1, 0.15) is 37.0 Å². The van der Waals surface area contributed by atoms with Crippen molar-refractivity contribution >= 4 is 34.8 Å². The summed E-state index contributed by atoms with van der Waals surface area (Å²) in [5.41, 5.74) is -0.806. The Hall–Kier alpha value is -1.33. The Morgan fingerprint density at radius 2 is 2.15 bits per heavy atom. The molecule has 1 unspecified atom stereocenters. The molecular formula is C13H16Cl2N2O3. The lowest BCUT2D eigenvalue weighted by atomic mass is 9.95. The molecule has 1 atom stereocenters. The van der Waals surface area contributed by atoms with E-state index in [-0.39, 0.29) is 16.3 Å². The molecule has 1 N–H and O–H groups in total. The maximum atomic E-state index is 12.2. The van der Waals surface area contributed by atoms with Crippen molar-refractivity contribution in [1.82, 2.24) is 5.32 Å². The van der Waals surface area contributed by atoms with Crippen molar-refractivity contribution < 1.29 is 9.72 Å². The van der Waals surface area contributed by atoms with Gasteiger partial charge in [-0.15, -0.1) is 11.6 Å². The summed E-state index contributed by atoms with van der Waals surface area (Å²) in [6.45, 7) is 3.78. The van der Waals surface area contributed by atoms with E-state index in [0.29, 0.717) is 18.7 Å². The molecule has 0 aromatic heterocycles. The summed E-state index contributed by atoms with van der Waals surface area (Å²) in [6, 6.07) is 3.97. The highest BCUT2D eigenvalue weighted by molar-refractivity contribution is 6.31. The van der Waals surface area contributed by atoms with Crippen LogP contribution >= 0.6 is 23.2 Å². The molecule has 0 aliphatic carbocycles. The number of nitrogens with zero attached hydrogens (tertiary/aromatic N) is 1. The number of carbonyl (C=O) groups is 1. The summed E-state index contributed by atoms with van der Waals surface area (Å²) in [5, 5.41) is 14.0. The van der Waals surface area contributed by atoms with E-state index in [1.165, 1.54) is 18.2 Å². The fourth-order valence-corrected chi connectivity index (χ4v) is 2.31. The Morgan fingerprint density at radius 1 is 1.50 bits per heavy atom. The van der Waals surface area contributed by atoms with E-state index in [0.717, 1.165) is 0 Å². The third-order valence-electron chi connectivity index (χ3n) is 3.24. The van der Waals surface area contributed by atoms with Gasteiger partial charge in [0.05, 0.1) is 4.92 Å². The lowest BCUT2D eigenvalue weighted by Crippen LogP contribution is -2.46. The van der Waals surface area contributed by atoms with Crippen molar-refractivity contribution in [2.75, 3.05) is 5.88 Å². The fraction of sp³-hybridized carbons (Fsp3) is 0.462. The summed E-state index contributed by atoms with van der Waals surface area (Å²) >= 11 is 11.4. The van der Waals surface area contributed by atoms with Gasteiger partial charge in [0.25, 0.3) is 11.6 Å². The average molecular weight is 319 g/mol. The van der Waals surface area contributed by atoms with Crippen molar-refractivity contribution in [3.8, 4) is 0 Å². The van der Waals surface area contributed by atoms with Gasteiger partial charge in [0.15, 0.2) is 0 Å². The zero-order chi connectivity index (χ0) is 15.3. The molecule has 0 fully saturated rings. The van der Waals surface area contributed by atoms with Crippen LogP contribution in [-0.2, 0) is 0 Å². The standard InChI is InChI=1S/C13H16Cl2N2O3/c1-3-13(2,6-7-14)16-12(18)10-5-4-9(15)8-11(10)17(19)20/h4-5,8H,3,6-7H2,1-2H3,(H,16,18). The Bertz CT molecular complexity index is 522. The number of nitrogens with one attached hydrogen (secondary N) is 1. The molecular weight excluding hydrogens is 303 g/mol. The smallest absolute Gasteiger partial charge is 0.283 e. The Labute approximate surface area is 127 Å². The molecule has 1 rings (SSSR count). The van der Waals surface area contributed by atoms with Gasteiger partial charge in [0.2, 0.25) is 0 Å². The van der Waals surface area contributed by atoms with Crippen molar-refractivity contribution in [2.24, 2.45) is 0 Å². The monoisotopic (exact) mass is 318 g/mol. The maximum absolute atomic E-state index is 12.2. The number of nitro groups is 1. The summed E-state index contributed by atoms with van der Waals surface area (Å²) in [5.74, 6) is -0.101. The molecule has 0 radical (unpaired) electrons. The number of rotatable bonds is 6. The second-order valence-electron chi connectivity index (χ2n) is 4.73. The Morgan fingerprint density at radius 3 is 2.65 bits per heavy atom. The average Bonchev–Trinajstić information content (AvgIpc) is 2.38. The van der Waals surface area contributed by atoms with E-state index in [1.54, 1.807) is 0 Å². The number of hydrogen-bond donors (Lipinski definition) is 1. The minimum absolute atomic E-state index is 0.00588. The number of nitro benzene ring substituents is 1. The molecule has 5 nitrogen and oxygen atoms in total. The van der Waals surface area contributed by atoms with E-state index in [4.69, 9.17) is 23.2 Å². The predicted molar refractivity (Wildman–Crippen MR) is 79.6 cm³/mol. The number of alkyl halides is 1. The van der Waals surface area contributed by atoms with Crippen molar-refractivity contribution in [1.29, 1.82) is 0 Å². The molecule has 110 valence electrons. The summed E-state index contributed by atoms with van der Waals surface area (Å²) in [6.07, 6.45) is 1.25. The van der Waals surface area contributed by atoms with E-state index >= 15 is 0 Å². The molecule has 0 spiro atoms. The minimum atomic E-state index is -0.619. The van der Waals surface area contributed by atoms with Crippen molar-refractivity contribution in [2.45, 2.75) is 32.2 Å². The first-order valence-corrected chi connectivity index (χ1v) is 7.06. The van der Waals surface area contributed by atoms with Crippen LogP contribution in [0.15, 0.2) is 18.2 Å². The molecule has 0 aliphatic rings. The second-order valence-corrected chi connectivity index (χ2v) is 5.54. The topological polar surface area (TPSA) is 72.2 Å².